The van der Waals surface area contributed by atoms with Gasteiger partial charge in [-0.25, -0.2) is 4.98 Å². The van der Waals surface area contributed by atoms with Crippen LogP contribution in [0.3, 0.4) is 0 Å². The molecule has 1 aliphatic carbocycles. The van der Waals surface area contributed by atoms with Gasteiger partial charge in [0.05, 0.1) is 10.4 Å². The Morgan fingerprint density at radius 1 is 1.50 bits per heavy atom. The highest BCUT2D eigenvalue weighted by molar-refractivity contribution is 6.33. The van der Waals surface area contributed by atoms with Gasteiger partial charge in [-0.15, -0.1) is 0 Å². The number of nitrogens with one attached hydrogen (secondary N) is 1. The van der Waals surface area contributed by atoms with Crippen LogP contribution in [0.4, 0.5) is 13.2 Å². The van der Waals surface area contributed by atoms with Crippen molar-refractivity contribution in [2.45, 2.75) is 19.0 Å². The summed E-state index contributed by atoms with van der Waals surface area (Å²) in [6, 6.07) is 3.00. The summed E-state index contributed by atoms with van der Waals surface area (Å²) >= 11 is 5.73. The van der Waals surface area contributed by atoms with Crippen molar-refractivity contribution in [3.05, 3.63) is 29.0 Å². The molecule has 1 saturated carbocycles. The van der Waals surface area contributed by atoms with E-state index in [-0.39, 0.29) is 23.6 Å². The number of carbonyl (C=O) groups excluding carboxylic acids is 1. The van der Waals surface area contributed by atoms with Gasteiger partial charge in [-0.2, -0.15) is 13.2 Å². The van der Waals surface area contributed by atoms with Gasteiger partial charge in [-0.05, 0) is 25.0 Å². The maximum absolute atomic E-state index is 12.6. The highest BCUT2D eigenvalue weighted by Gasteiger charge is 2.63. The minimum absolute atomic E-state index is 0.0483. The van der Waals surface area contributed by atoms with E-state index in [1.54, 1.807) is 0 Å². The number of pyridine rings is 1. The fourth-order valence-electron chi connectivity index (χ4n) is 1.60. The van der Waals surface area contributed by atoms with Crippen molar-refractivity contribution in [2.24, 2.45) is 5.41 Å². The Kier molecular flexibility index (Phi) is 3.23. The van der Waals surface area contributed by atoms with E-state index in [1.165, 1.54) is 18.3 Å². The van der Waals surface area contributed by atoms with E-state index in [4.69, 9.17) is 11.6 Å². The van der Waals surface area contributed by atoms with E-state index in [0.717, 1.165) is 0 Å². The van der Waals surface area contributed by atoms with Gasteiger partial charge in [-0.1, -0.05) is 11.6 Å². The zero-order valence-electron chi connectivity index (χ0n) is 9.22. The minimum atomic E-state index is -4.28. The molecular weight excluding hydrogens is 269 g/mol. The molecule has 1 N–H and O–H groups in total. The van der Waals surface area contributed by atoms with Gasteiger partial charge in [0, 0.05) is 12.7 Å². The SMILES string of the molecule is O=C(NCC1(C(F)(F)F)CC1)c1ncccc1Cl. The molecule has 0 spiro atoms. The molecule has 1 aromatic rings. The number of aromatic nitrogens is 1. The average molecular weight is 279 g/mol. The van der Waals surface area contributed by atoms with Crippen LogP contribution in [0.1, 0.15) is 23.3 Å². The van der Waals surface area contributed by atoms with Gasteiger partial charge in [0.1, 0.15) is 5.69 Å². The Bertz CT molecular complexity index is 472. The van der Waals surface area contributed by atoms with Crippen LogP contribution in [0.2, 0.25) is 5.02 Å². The molecule has 2 rings (SSSR count). The summed E-state index contributed by atoms with van der Waals surface area (Å²) in [5.74, 6) is -0.684. The van der Waals surface area contributed by atoms with Crippen LogP contribution in [0.15, 0.2) is 18.3 Å². The Morgan fingerprint density at radius 3 is 2.67 bits per heavy atom. The molecule has 1 aliphatic rings. The maximum Gasteiger partial charge on any atom is 0.396 e. The number of carbonyl (C=O) groups is 1. The molecule has 3 nitrogen and oxygen atoms in total. The number of amides is 1. The van der Waals surface area contributed by atoms with Crippen molar-refractivity contribution >= 4 is 17.5 Å². The zero-order valence-corrected chi connectivity index (χ0v) is 9.98. The first-order valence-corrected chi connectivity index (χ1v) is 5.69. The molecule has 0 radical (unpaired) electrons. The quantitative estimate of drug-likeness (QED) is 0.924. The third kappa shape index (κ3) is 2.43. The molecule has 0 aliphatic heterocycles. The number of nitrogens with zero attached hydrogens (tertiary/aromatic N) is 1. The van der Waals surface area contributed by atoms with Crippen LogP contribution in [0.25, 0.3) is 0 Å². The second-order valence-electron chi connectivity index (χ2n) is 4.29. The van der Waals surface area contributed by atoms with E-state index in [0.29, 0.717) is 0 Å². The van der Waals surface area contributed by atoms with Gasteiger partial charge < -0.3 is 5.32 Å². The van der Waals surface area contributed by atoms with E-state index in [2.05, 4.69) is 10.3 Å². The first kappa shape index (κ1) is 13.1. The predicted molar refractivity (Wildman–Crippen MR) is 59.3 cm³/mol. The molecule has 7 heteroatoms. The number of hydrogen-bond acceptors (Lipinski definition) is 2. The summed E-state index contributed by atoms with van der Waals surface area (Å²) in [7, 11) is 0. The van der Waals surface area contributed by atoms with Crippen molar-refractivity contribution < 1.29 is 18.0 Å². The van der Waals surface area contributed by atoms with Crippen LogP contribution in [0, 0.1) is 5.41 Å². The second kappa shape index (κ2) is 4.42. The van der Waals surface area contributed by atoms with Crippen molar-refractivity contribution in [3.8, 4) is 0 Å². The molecule has 0 aromatic carbocycles. The van der Waals surface area contributed by atoms with Crippen molar-refractivity contribution in [2.75, 3.05) is 6.54 Å². The van der Waals surface area contributed by atoms with Crippen LogP contribution >= 0.6 is 11.6 Å². The normalized spacial score (nSPS) is 17.3. The van der Waals surface area contributed by atoms with Crippen molar-refractivity contribution in [1.82, 2.24) is 10.3 Å². The smallest absolute Gasteiger partial charge is 0.350 e. The fraction of sp³-hybridized carbons (Fsp3) is 0.455. The molecule has 1 aromatic heterocycles. The fourth-order valence-corrected chi connectivity index (χ4v) is 1.80. The standard InChI is InChI=1S/C11H10ClF3N2O/c12-7-2-1-5-16-8(7)9(18)17-6-10(3-4-10)11(13,14)15/h1-2,5H,3-4,6H2,(H,17,18). The maximum atomic E-state index is 12.6. The summed E-state index contributed by atoms with van der Waals surface area (Å²) in [4.78, 5) is 15.4. The van der Waals surface area contributed by atoms with Gasteiger partial charge in [-0.3, -0.25) is 4.79 Å². The zero-order chi connectivity index (χ0) is 13.4. The Morgan fingerprint density at radius 2 is 2.17 bits per heavy atom. The second-order valence-corrected chi connectivity index (χ2v) is 4.70. The molecule has 98 valence electrons. The highest BCUT2D eigenvalue weighted by atomic mass is 35.5. The third-order valence-corrected chi connectivity index (χ3v) is 3.32. The number of alkyl halides is 3. The lowest BCUT2D eigenvalue weighted by molar-refractivity contribution is -0.184. The van der Waals surface area contributed by atoms with Crippen LogP contribution in [-0.2, 0) is 0 Å². The Labute approximate surface area is 106 Å². The minimum Gasteiger partial charge on any atom is -0.350 e. The molecular formula is C11H10ClF3N2O. The van der Waals surface area contributed by atoms with E-state index < -0.39 is 24.0 Å². The number of rotatable bonds is 3. The molecule has 0 unspecified atom stereocenters. The lowest BCUT2D eigenvalue weighted by Crippen LogP contribution is -2.38. The van der Waals surface area contributed by atoms with E-state index in [9.17, 15) is 18.0 Å². The lowest BCUT2D eigenvalue weighted by atomic mass is 10.1. The number of halogens is 4. The van der Waals surface area contributed by atoms with Gasteiger partial charge in [0.2, 0.25) is 0 Å². The summed E-state index contributed by atoms with van der Waals surface area (Å²) in [5.41, 5.74) is -1.82. The summed E-state index contributed by atoms with van der Waals surface area (Å²) in [6.07, 6.45) is -2.83. The van der Waals surface area contributed by atoms with Crippen molar-refractivity contribution in [3.63, 3.8) is 0 Å². The van der Waals surface area contributed by atoms with Crippen molar-refractivity contribution in [1.29, 1.82) is 0 Å². The largest absolute Gasteiger partial charge is 0.396 e. The predicted octanol–water partition coefficient (Wildman–Crippen LogP) is 2.81. The molecule has 0 saturated heterocycles. The van der Waals surface area contributed by atoms with E-state index >= 15 is 0 Å². The summed E-state index contributed by atoms with van der Waals surface area (Å²) in [6.45, 7) is -0.428. The van der Waals surface area contributed by atoms with Gasteiger partial charge in [0.15, 0.2) is 0 Å². The van der Waals surface area contributed by atoms with Crippen LogP contribution in [-0.4, -0.2) is 23.6 Å². The summed E-state index contributed by atoms with van der Waals surface area (Å²) < 4.78 is 37.9. The molecule has 0 bridgehead atoms. The molecule has 1 fully saturated rings. The lowest BCUT2D eigenvalue weighted by Gasteiger charge is -2.19. The van der Waals surface area contributed by atoms with Crippen LogP contribution in [0.5, 0.6) is 0 Å². The topological polar surface area (TPSA) is 42.0 Å². The first-order valence-electron chi connectivity index (χ1n) is 5.31. The average Bonchev–Trinajstić information content (AvgIpc) is 3.07. The molecule has 1 amide bonds. The van der Waals surface area contributed by atoms with E-state index in [1.807, 2.05) is 0 Å². The third-order valence-electron chi connectivity index (χ3n) is 3.02. The monoisotopic (exact) mass is 278 g/mol. The summed E-state index contributed by atoms with van der Waals surface area (Å²) in [5, 5.41) is 2.36. The first-order chi connectivity index (χ1) is 8.36. The highest BCUT2D eigenvalue weighted by Crippen LogP contribution is 2.57. The molecule has 0 atom stereocenters. The van der Waals surface area contributed by atoms with Gasteiger partial charge >= 0.3 is 6.18 Å². The Balaban J connectivity index is 2.00. The van der Waals surface area contributed by atoms with Crippen LogP contribution < -0.4 is 5.32 Å². The van der Waals surface area contributed by atoms with Gasteiger partial charge in [0.25, 0.3) is 5.91 Å². The molecule has 1 heterocycles. The number of hydrogen-bond donors (Lipinski definition) is 1. The molecule has 18 heavy (non-hydrogen) atoms. The Hall–Kier alpha value is -1.30.